The number of benzene rings is 4. The number of ether oxygens (including phenoxy) is 3. The number of aliphatic carboxylic acids is 1. The van der Waals surface area contributed by atoms with Gasteiger partial charge in [0.15, 0.2) is 0 Å². The van der Waals surface area contributed by atoms with Gasteiger partial charge in [0.25, 0.3) is 0 Å². The van der Waals surface area contributed by atoms with Crippen LogP contribution >= 0.6 is 22.7 Å². The van der Waals surface area contributed by atoms with Crippen LogP contribution in [-0.2, 0) is 57.1 Å². The number of aromatic nitrogens is 2. The van der Waals surface area contributed by atoms with Crippen molar-refractivity contribution in [3.8, 4) is 11.5 Å². The summed E-state index contributed by atoms with van der Waals surface area (Å²) in [5, 5.41) is 14.1. The monoisotopic (exact) mass is 1130 g/mol. The lowest BCUT2D eigenvalue weighted by Gasteiger charge is -2.28. The molecule has 77 heavy (non-hydrogen) atoms. The maximum atomic E-state index is 13.9. The van der Waals surface area contributed by atoms with Gasteiger partial charge in [-0.15, -0.1) is 22.7 Å². The van der Waals surface area contributed by atoms with Gasteiger partial charge >= 0.3 is 11.9 Å². The highest BCUT2D eigenvalue weighted by molar-refractivity contribution is 7.89. The summed E-state index contributed by atoms with van der Waals surface area (Å²) in [6, 6.07) is 31.1. The Kier molecular flexibility index (Phi) is 20.7. The summed E-state index contributed by atoms with van der Waals surface area (Å²) in [5.41, 5.74) is 0.776. The molecule has 8 rings (SSSR count). The number of H-pyrrole nitrogens is 2. The Bertz CT molecular complexity index is 3700. The SMILES string of the molecule is C.C.COC(=O)CN(Cc1cccs1)C(=O)[C@H](NS(=O)(=O)c1ccc2[nH]c(=O)ccc2c1)c1ccccc1OC.COc1ccccc1[C@@H](NS(=O)(=O)c1ccc2[nH]c(=O)ccc2c1)C(=O)N(CC(=O)O)Cc1cccs1. The van der Waals surface area contributed by atoms with Gasteiger partial charge in [-0.2, -0.15) is 9.44 Å². The van der Waals surface area contributed by atoms with Gasteiger partial charge in [0.2, 0.25) is 43.0 Å². The smallest absolute Gasteiger partial charge is 0.325 e. The van der Waals surface area contributed by atoms with E-state index in [4.69, 9.17) is 14.2 Å². The first-order valence-corrected chi connectivity index (χ1v) is 27.1. The van der Waals surface area contributed by atoms with Gasteiger partial charge in [-0.1, -0.05) is 63.4 Å². The van der Waals surface area contributed by atoms with Crippen molar-refractivity contribution in [3.05, 3.63) is 186 Å². The van der Waals surface area contributed by atoms with Crippen LogP contribution in [0.1, 0.15) is 47.8 Å². The average molecular weight is 1130 g/mol. The van der Waals surface area contributed by atoms with Gasteiger partial charge in [0.1, 0.15) is 36.7 Å². The zero-order valence-electron chi connectivity index (χ0n) is 40.1. The molecule has 4 aromatic heterocycles. The number of thiophene rings is 2. The molecule has 0 unspecified atom stereocenters. The number of rotatable bonds is 20. The molecule has 0 fully saturated rings. The third kappa shape index (κ3) is 15.1. The van der Waals surface area contributed by atoms with E-state index in [1.807, 2.05) is 17.5 Å². The number of carboxylic acids is 1. The predicted octanol–water partition coefficient (Wildman–Crippen LogP) is 6.82. The molecule has 0 aliphatic rings. The summed E-state index contributed by atoms with van der Waals surface area (Å²) in [6.07, 6.45) is 0. The highest BCUT2D eigenvalue weighted by atomic mass is 32.2. The van der Waals surface area contributed by atoms with E-state index >= 15 is 0 Å². The molecule has 0 aliphatic heterocycles. The lowest BCUT2D eigenvalue weighted by atomic mass is 10.0. The zero-order valence-corrected chi connectivity index (χ0v) is 43.4. The van der Waals surface area contributed by atoms with E-state index in [0.717, 1.165) is 14.7 Å². The van der Waals surface area contributed by atoms with Crippen molar-refractivity contribution in [1.29, 1.82) is 0 Å². The summed E-state index contributed by atoms with van der Waals surface area (Å²) in [4.78, 5) is 83.6. The third-order valence-electron chi connectivity index (χ3n) is 11.3. The van der Waals surface area contributed by atoms with Crippen molar-refractivity contribution < 1.29 is 55.3 Å². The first-order valence-electron chi connectivity index (χ1n) is 22.4. The number of methoxy groups -OCH3 is 3. The number of sulfonamides is 2. The van der Waals surface area contributed by atoms with E-state index in [-0.39, 0.29) is 72.3 Å². The lowest BCUT2D eigenvalue weighted by molar-refractivity contribution is -0.148. The average Bonchev–Trinajstić information content (AvgIpc) is 4.14. The summed E-state index contributed by atoms with van der Waals surface area (Å²) in [7, 11) is -4.55. The topological polar surface area (TPSA) is 281 Å². The molecule has 8 aromatic rings. The van der Waals surface area contributed by atoms with E-state index in [9.17, 15) is 50.7 Å². The molecule has 4 aromatic carbocycles. The largest absolute Gasteiger partial charge is 0.496 e. The molecule has 406 valence electrons. The Hall–Kier alpha value is -8.00. The van der Waals surface area contributed by atoms with Crippen LogP contribution in [0, 0.1) is 0 Å². The van der Waals surface area contributed by atoms with Crippen molar-refractivity contribution in [2.45, 2.75) is 49.8 Å². The highest BCUT2D eigenvalue weighted by Gasteiger charge is 2.36. The maximum absolute atomic E-state index is 13.9. The summed E-state index contributed by atoms with van der Waals surface area (Å²) < 4.78 is 74.6. The minimum atomic E-state index is -4.29. The number of esters is 1. The van der Waals surface area contributed by atoms with Crippen LogP contribution in [0.4, 0.5) is 0 Å². The van der Waals surface area contributed by atoms with Gasteiger partial charge in [0, 0.05) is 44.0 Å². The Morgan fingerprint density at radius 2 is 0.987 bits per heavy atom. The fourth-order valence-electron chi connectivity index (χ4n) is 7.70. The molecule has 5 N–H and O–H groups in total. The van der Waals surface area contributed by atoms with E-state index in [2.05, 4.69) is 19.4 Å². The number of carbonyl (C=O) groups excluding carboxylic acids is 3. The van der Waals surface area contributed by atoms with Gasteiger partial charge < -0.3 is 39.1 Å². The number of amides is 2. The van der Waals surface area contributed by atoms with Crippen LogP contribution in [0.15, 0.2) is 164 Å². The number of fused-ring (bicyclic) bond motifs is 2. The van der Waals surface area contributed by atoms with Gasteiger partial charge in [0.05, 0.1) is 44.2 Å². The molecule has 0 bridgehead atoms. The number of pyridine rings is 2. The summed E-state index contributed by atoms with van der Waals surface area (Å²) in [5.74, 6) is -2.77. The number of aromatic amines is 2. The molecule has 24 heteroatoms. The number of carboxylic acid groups (broad SMARTS) is 1. The number of nitrogens with zero attached hydrogens (tertiary/aromatic N) is 2. The molecule has 4 heterocycles. The number of hydrogen-bond acceptors (Lipinski definition) is 15. The van der Waals surface area contributed by atoms with Crippen LogP contribution in [0.3, 0.4) is 0 Å². The standard InChI is InChI=1S/C26H25N3O7S2.C25H23N3O7S2.2CH4/c1-35-22-8-4-3-7-20(22)25(26(32)29(16-24(31)36-2)15-18-6-5-13-37-18)28-38(33,34)19-10-11-21-17(14-19)9-12-23(30)27-21;1-35-21-7-3-2-6-19(21)24(25(32)28(15-23(30)31)14-17-5-4-12-36-17)27-37(33,34)18-9-10-20-16(13-18)8-11-22(29)26-20;;/h3-14,25,28H,15-16H2,1-2H3,(H,27,30);2-13,24,27H,14-15H2,1H3,(H,26,29)(H,30,31);2*1H4/t25-;24-;;/m11../s1. The fraction of sp³-hybridized carbons (Fsp3) is 0.208. The Balaban J connectivity index is 0.000000277. The van der Waals surface area contributed by atoms with E-state index < -0.39 is 62.4 Å². The minimum absolute atomic E-state index is 0. The van der Waals surface area contributed by atoms with Crippen molar-refractivity contribution in [2.24, 2.45) is 0 Å². The zero-order chi connectivity index (χ0) is 53.9. The summed E-state index contributed by atoms with van der Waals surface area (Å²) >= 11 is 2.74. The fourth-order valence-corrected chi connectivity index (χ4v) is 11.5. The third-order valence-corrected chi connectivity index (χ3v) is 15.9. The number of hydrogen-bond donors (Lipinski definition) is 5. The predicted molar refractivity (Wildman–Crippen MR) is 294 cm³/mol. The molecular formula is C53H56N6O14S4. The molecule has 0 spiro atoms. The van der Waals surface area contributed by atoms with E-state index in [0.29, 0.717) is 27.6 Å². The second-order valence-electron chi connectivity index (χ2n) is 16.3. The normalized spacial score (nSPS) is 11.9. The Morgan fingerprint density at radius 1 is 0.571 bits per heavy atom. The van der Waals surface area contributed by atoms with E-state index in [1.54, 1.807) is 66.0 Å². The van der Waals surface area contributed by atoms with Crippen LogP contribution in [-0.4, -0.2) is 99.9 Å². The molecule has 0 saturated heterocycles. The van der Waals surface area contributed by atoms with Crippen molar-refractivity contribution >= 4 is 88.3 Å². The van der Waals surface area contributed by atoms with Gasteiger partial charge in [-0.05, 0) is 94.3 Å². The van der Waals surface area contributed by atoms with Gasteiger partial charge in [-0.25, -0.2) is 16.8 Å². The van der Waals surface area contributed by atoms with Crippen molar-refractivity contribution in [2.75, 3.05) is 34.4 Å². The molecule has 0 saturated carbocycles. The van der Waals surface area contributed by atoms with Crippen LogP contribution in [0.5, 0.6) is 11.5 Å². The Morgan fingerprint density at radius 3 is 1.36 bits per heavy atom. The summed E-state index contributed by atoms with van der Waals surface area (Å²) in [6.45, 7) is -0.959. The highest BCUT2D eigenvalue weighted by Crippen LogP contribution is 2.32. The molecule has 0 radical (unpaired) electrons. The van der Waals surface area contributed by atoms with Crippen LogP contribution < -0.4 is 30.0 Å². The first kappa shape index (κ1) is 59.9. The van der Waals surface area contributed by atoms with Crippen molar-refractivity contribution in [1.82, 2.24) is 29.2 Å². The number of carbonyl (C=O) groups is 4. The second-order valence-corrected chi connectivity index (χ2v) is 21.7. The Labute approximate surface area is 452 Å². The first-order chi connectivity index (χ1) is 35.9. The van der Waals surface area contributed by atoms with Crippen LogP contribution in [0.2, 0.25) is 0 Å². The number of nitrogens with one attached hydrogen (secondary N) is 4. The van der Waals surface area contributed by atoms with E-state index in [1.165, 1.54) is 110 Å². The molecule has 2 amide bonds. The number of para-hydroxylation sites is 2. The van der Waals surface area contributed by atoms with Crippen LogP contribution in [0.25, 0.3) is 21.8 Å². The molecule has 0 aliphatic carbocycles. The van der Waals surface area contributed by atoms with Gasteiger partial charge in [-0.3, -0.25) is 28.8 Å². The lowest BCUT2D eigenvalue weighted by Crippen LogP contribution is -2.44. The molecular weight excluding hydrogens is 1070 g/mol. The van der Waals surface area contributed by atoms with Crippen molar-refractivity contribution in [3.63, 3.8) is 0 Å². The quantitative estimate of drug-likeness (QED) is 0.0490. The molecule has 2 atom stereocenters. The minimum Gasteiger partial charge on any atom is -0.496 e. The maximum Gasteiger partial charge on any atom is 0.325 e. The molecule has 20 nitrogen and oxygen atoms in total. The second kappa shape index (κ2) is 26.7.